The molecule has 0 bridgehead atoms. The molecule has 0 radical (unpaired) electrons. The Kier molecular flexibility index (Phi) is 3.87. The van der Waals surface area contributed by atoms with E-state index in [1.807, 2.05) is 49.4 Å². The first-order valence-corrected chi connectivity index (χ1v) is 9.29. The number of nitrogens with zero attached hydrogens (tertiary/aromatic N) is 4. The molecular weight excluding hydrogens is 370 g/mol. The second-order valence-electron chi connectivity index (χ2n) is 7.24. The largest absolute Gasteiger partial charge is 0.454 e. The molecule has 0 aliphatic carbocycles. The van der Waals surface area contributed by atoms with Crippen LogP contribution in [0.2, 0.25) is 0 Å². The highest BCUT2D eigenvalue weighted by Gasteiger charge is 2.38. The van der Waals surface area contributed by atoms with Crippen LogP contribution in [0.3, 0.4) is 0 Å². The lowest BCUT2D eigenvalue weighted by Gasteiger charge is -2.29. The number of nitrogens with two attached hydrogens (primary N) is 1. The van der Waals surface area contributed by atoms with Crippen molar-refractivity contribution in [3.8, 4) is 22.9 Å². The summed E-state index contributed by atoms with van der Waals surface area (Å²) in [5, 5.41) is 4.70. The van der Waals surface area contributed by atoms with Gasteiger partial charge in [0.1, 0.15) is 5.92 Å². The van der Waals surface area contributed by atoms with E-state index < -0.39 is 17.9 Å². The van der Waals surface area contributed by atoms with Crippen molar-refractivity contribution in [2.45, 2.75) is 19.9 Å². The maximum atomic E-state index is 12.3. The third-order valence-corrected chi connectivity index (χ3v) is 5.24. The number of aryl methyl sites for hydroxylation is 1. The summed E-state index contributed by atoms with van der Waals surface area (Å²) in [5.41, 5.74) is 9.19. The van der Waals surface area contributed by atoms with E-state index in [2.05, 4.69) is 9.98 Å². The number of amides is 1. The first-order valence-electron chi connectivity index (χ1n) is 9.29. The van der Waals surface area contributed by atoms with Crippen molar-refractivity contribution in [3.63, 3.8) is 0 Å². The number of benzene rings is 2. The molecule has 2 atom stereocenters. The highest BCUT2D eigenvalue weighted by atomic mass is 16.7. The quantitative estimate of drug-likeness (QED) is 0.742. The van der Waals surface area contributed by atoms with Gasteiger partial charge in [-0.2, -0.15) is 4.98 Å². The molecule has 29 heavy (non-hydrogen) atoms. The third-order valence-electron chi connectivity index (χ3n) is 5.24. The van der Waals surface area contributed by atoms with E-state index in [0.29, 0.717) is 29.0 Å². The smallest absolute Gasteiger partial charge is 0.248 e. The summed E-state index contributed by atoms with van der Waals surface area (Å²) in [4.78, 5) is 21.5. The summed E-state index contributed by atoms with van der Waals surface area (Å²) in [7, 11) is 0. The van der Waals surface area contributed by atoms with Crippen molar-refractivity contribution >= 4 is 17.6 Å². The highest BCUT2D eigenvalue weighted by Crippen LogP contribution is 2.40. The van der Waals surface area contributed by atoms with Gasteiger partial charge in [-0.15, -0.1) is 5.10 Å². The number of hydrogen-bond acceptors (Lipinski definition) is 6. The maximum Gasteiger partial charge on any atom is 0.248 e. The molecule has 2 aliphatic heterocycles. The molecule has 3 heterocycles. The van der Waals surface area contributed by atoms with Crippen LogP contribution in [0.1, 0.15) is 24.1 Å². The van der Waals surface area contributed by atoms with E-state index in [-0.39, 0.29) is 6.79 Å². The first kappa shape index (κ1) is 17.4. The molecule has 8 nitrogen and oxygen atoms in total. The first-order chi connectivity index (χ1) is 14.0. The average Bonchev–Trinajstić information content (AvgIpc) is 3.32. The topological polar surface area (TPSA) is 105 Å². The van der Waals surface area contributed by atoms with Crippen LogP contribution in [0, 0.1) is 12.8 Å². The third kappa shape index (κ3) is 2.84. The molecule has 1 aromatic heterocycles. The van der Waals surface area contributed by atoms with Crippen LogP contribution in [0.4, 0.5) is 5.95 Å². The van der Waals surface area contributed by atoms with Crippen LogP contribution in [0.15, 0.2) is 47.5 Å². The zero-order valence-electron chi connectivity index (χ0n) is 16.0. The normalized spacial score (nSPS) is 19.6. The van der Waals surface area contributed by atoms with Gasteiger partial charge in [-0.3, -0.25) is 4.79 Å². The van der Waals surface area contributed by atoms with Crippen molar-refractivity contribution in [1.82, 2.24) is 14.8 Å². The lowest BCUT2D eigenvalue weighted by atomic mass is 9.88. The molecule has 3 aromatic rings. The summed E-state index contributed by atoms with van der Waals surface area (Å²) >= 11 is 0. The molecule has 2 aromatic carbocycles. The summed E-state index contributed by atoms with van der Waals surface area (Å²) in [6.45, 7) is 3.98. The molecule has 0 saturated carbocycles. The molecule has 0 saturated heterocycles. The second kappa shape index (κ2) is 6.44. The second-order valence-corrected chi connectivity index (χ2v) is 7.24. The van der Waals surface area contributed by atoms with Gasteiger partial charge in [0, 0.05) is 11.3 Å². The molecule has 146 valence electrons. The molecular formula is C21H19N5O3. The fourth-order valence-electron chi connectivity index (χ4n) is 3.87. The van der Waals surface area contributed by atoms with Gasteiger partial charge in [-0.25, -0.2) is 9.67 Å². The number of hydrogen-bond donors (Lipinski definition) is 1. The average molecular weight is 389 g/mol. The minimum atomic E-state index is -0.644. The fourth-order valence-corrected chi connectivity index (χ4v) is 3.87. The van der Waals surface area contributed by atoms with Gasteiger partial charge < -0.3 is 15.2 Å². The Labute approximate surface area is 167 Å². The van der Waals surface area contributed by atoms with Crippen LogP contribution in [0.5, 0.6) is 11.5 Å². The number of aromatic nitrogens is 3. The standard InChI is InChI=1S/C21H19N5O3/c1-11-4-3-5-14(8-11)20-24-21-23-12(2)17(19(22)27)18(26(21)25-20)13-6-7-15-16(9-13)29-10-28-15/h3-9,17-18H,10H2,1-2H3,(H2,22,27). The molecule has 0 fully saturated rings. The van der Waals surface area contributed by atoms with E-state index in [9.17, 15) is 4.79 Å². The van der Waals surface area contributed by atoms with E-state index in [1.165, 1.54) is 0 Å². The maximum absolute atomic E-state index is 12.3. The predicted molar refractivity (Wildman–Crippen MR) is 106 cm³/mol. The molecule has 0 spiro atoms. The van der Waals surface area contributed by atoms with Crippen LogP contribution < -0.4 is 15.2 Å². The number of fused-ring (bicyclic) bond motifs is 2. The van der Waals surface area contributed by atoms with Crippen molar-refractivity contribution in [1.29, 1.82) is 0 Å². The van der Waals surface area contributed by atoms with Gasteiger partial charge >= 0.3 is 0 Å². The number of carbonyl (C=O) groups excluding carboxylic acids is 1. The molecule has 2 N–H and O–H groups in total. The fraction of sp³-hybridized carbons (Fsp3) is 0.238. The molecule has 1 amide bonds. The Balaban J connectivity index is 1.67. The Morgan fingerprint density at radius 3 is 2.76 bits per heavy atom. The van der Waals surface area contributed by atoms with Gasteiger partial charge in [-0.05, 0) is 37.6 Å². The van der Waals surface area contributed by atoms with Crippen molar-refractivity contribution in [2.24, 2.45) is 16.6 Å². The number of primary amides is 1. The lowest BCUT2D eigenvalue weighted by molar-refractivity contribution is -0.120. The van der Waals surface area contributed by atoms with Crippen LogP contribution in [-0.4, -0.2) is 33.2 Å². The van der Waals surface area contributed by atoms with Crippen LogP contribution in [-0.2, 0) is 4.79 Å². The molecule has 5 rings (SSSR count). The van der Waals surface area contributed by atoms with Crippen molar-refractivity contribution in [2.75, 3.05) is 6.79 Å². The summed E-state index contributed by atoms with van der Waals surface area (Å²) < 4.78 is 12.6. The minimum Gasteiger partial charge on any atom is -0.454 e. The number of aliphatic imine (C=N–C) groups is 1. The Morgan fingerprint density at radius 1 is 1.14 bits per heavy atom. The Morgan fingerprint density at radius 2 is 1.97 bits per heavy atom. The Hall–Kier alpha value is -3.68. The Bertz CT molecular complexity index is 1170. The van der Waals surface area contributed by atoms with Gasteiger partial charge in [0.15, 0.2) is 17.3 Å². The van der Waals surface area contributed by atoms with E-state index >= 15 is 0 Å². The van der Waals surface area contributed by atoms with Gasteiger partial charge in [0.2, 0.25) is 18.6 Å². The zero-order valence-corrected chi connectivity index (χ0v) is 16.0. The summed E-state index contributed by atoms with van der Waals surface area (Å²) in [6.07, 6.45) is 0. The van der Waals surface area contributed by atoms with Crippen LogP contribution >= 0.6 is 0 Å². The van der Waals surface area contributed by atoms with Crippen molar-refractivity contribution in [3.05, 3.63) is 53.6 Å². The van der Waals surface area contributed by atoms with E-state index in [4.69, 9.17) is 20.3 Å². The summed E-state index contributed by atoms with van der Waals surface area (Å²) in [5.74, 6) is 1.19. The van der Waals surface area contributed by atoms with E-state index in [1.54, 1.807) is 11.6 Å². The molecule has 2 unspecified atom stereocenters. The van der Waals surface area contributed by atoms with E-state index in [0.717, 1.165) is 16.7 Å². The predicted octanol–water partition coefficient (Wildman–Crippen LogP) is 2.78. The van der Waals surface area contributed by atoms with Crippen molar-refractivity contribution < 1.29 is 14.3 Å². The SMILES string of the molecule is CC1=Nc2nc(-c3cccc(C)c3)nn2C(c2ccc3c(c2)OCO3)C1C(N)=O. The minimum absolute atomic E-state index is 0.176. The lowest BCUT2D eigenvalue weighted by Crippen LogP contribution is -2.39. The number of carbonyl (C=O) groups is 1. The van der Waals surface area contributed by atoms with Crippen LogP contribution in [0.25, 0.3) is 11.4 Å². The summed E-state index contributed by atoms with van der Waals surface area (Å²) in [6, 6.07) is 13.0. The highest BCUT2D eigenvalue weighted by molar-refractivity contribution is 6.04. The van der Waals surface area contributed by atoms with Gasteiger partial charge in [0.25, 0.3) is 0 Å². The molecule has 8 heteroatoms. The van der Waals surface area contributed by atoms with Gasteiger partial charge in [-0.1, -0.05) is 29.8 Å². The zero-order chi connectivity index (χ0) is 20.1. The molecule has 2 aliphatic rings. The number of ether oxygens (including phenoxy) is 2. The monoisotopic (exact) mass is 389 g/mol. The van der Waals surface area contributed by atoms with Gasteiger partial charge in [0.05, 0.1) is 6.04 Å². The number of rotatable bonds is 3.